The molecule has 0 aromatic heterocycles. The zero-order valence-corrected chi connectivity index (χ0v) is 11.8. The summed E-state index contributed by atoms with van der Waals surface area (Å²) in [4.78, 5) is 23.8. The average molecular weight is 288 g/mol. The van der Waals surface area contributed by atoms with Crippen LogP contribution in [0.3, 0.4) is 0 Å². The van der Waals surface area contributed by atoms with Gasteiger partial charge in [0.15, 0.2) is 6.04 Å². The van der Waals surface area contributed by atoms with Gasteiger partial charge in [-0.3, -0.25) is 4.79 Å². The summed E-state index contributed by atoms with van der Waals surface area (Å²) >= 11 is 0. The van der Waals surface area contributed by atoms with Crippen LogP contribution in [0.15, 0.2) is 30.3 Å². The first-order valence-corrected chi connectivity index (χ1v) is 7.41. The van der Waals surface area contributed by atoms with Crippen LogP contribution in [0.2, 0.25) is 0 Å². The van der Waals surface area contributed by atoms with Gasteiger partial charge in [0.25, 0.3) is 0 Å². The zero-order chi connectivity index (χ0) is 14.9. The maximum Gasteiger partial charge on any atom is 0.330 e. The largest absolute Gasteiger partial charge is 0.479 e. The van der Waals surface area contributed by atoms with Gasteiger partial charge in [-0.1, -0.05) is 30.3 Å². The second-order valence-electron chi connectivity index (χ2n) is 6.06. The van der Waals surface area contributed by atoms with E-state index in [1.165, 1.54) is 0 Å². The third kappa shape index (κ3) is 2.78. The molecule has 1 aromatic carbocycles. The number of hydrogen-bond acceptors (Lipinski definition) is 3. The molecule has 1 aliphatic carbocycles. The van der Waals surface area contributed by atoms with E-state index < -0.39 is 12.0 Å². The predicted molar refractivity (Wildman–Crippen MR) is 77.6 cm³/mol. The first-order chi connectivity index (χ1) is 10.1. The number of aliphatic carboxylic acids is 1. The highest BCUT2D eigenvalue weighted by Crippen LogP contribution is 2.58. The summed E-state index contributed by atoms with van der Waals surface area (Å²) in [7, 11) is 0. The summed E-state index contributed by atoms with van der Waals surface area (Å²) < 4.78 is 0. The van der Waals surface area contributed by atoms with Crippen LogP contribution < -0.4 is 10.6 Å². The summed E-state index contributed by atoms with van der Waals surface area (Å²) in [5.41, 5.74) is 0.730. The molecule has 1 aromatic rings. The molecule has 0 bridgehead atoms. The third-order valence-electron chi connectivity index (χ3n) is 4.77. The van der Waals surface area contributed by atoms with Crippen LogP contribution in [0.5, 0.6) is 0 Å². The number of piperidine rings is 1. The molecule has 1 unspecified atom stereocenters. The number of rotatable bonds is 4. The molecule has 1 saturated carbocycles. The highest BCUT2D eigenvalue weighted by Gasteiger charge is 2.57. The number of hydrogen-bond donors (Lipinski definition) is 3. The minimum Gasteiger partial charge on any atom is -0.479 e. The molecule has 2 atom stereocenters. The lowest BCUT2D eigenvalue weighted by molar-refractivity contribution is -0.142. The van der Waals surface area contributed by atoms with E-state index in [1.54, 1.807) is 24.3 Å². The lowest BCUT2D eigenvalue weighted by Gasteiger charge is -2.23. The fourth-order valence-corrected chi connectivity index (χ4v) is 3.37. The van der Waals surface area contributed by atoms with Gasteiger partial charge in [-0.25, -0.2) is 4.79 Å². The summed E-state index contributed by atoms with van der Waals surface area (Å²) in [6.45, 7) is 1.90. The minimum absolute atomic E-state index is 0.0230. The van der Waals surface area contributed by atoms with Crippen molar-refractivity contribution in [3.8, 4) is 0 Å². The molecule has 2 fully saturated rings. The van der Waals surface area contributed by atoms with E-state index in [2.05, 4.69) is 10.6 Å². The molecule has 5 heteroatoms. The van der Waals surface area contributed by atoms with Crippen molar-refractivity contribution < 1.29 is 14.7 Å². The Balaban J connectivity index is 1.67. The maximum atomic E-state index is 12.4. The van der Waals surface area contributed by atoms with Crippen molar-refractivity contribution in [2.24, 2.45) is 11.3 Å². The van der Waals surface area contributed by atoms with Crippen molar-refractivity contribution in [3.63, 3.8) is 0 Å². The Morgan fingerprint density at radius 2 is 1.90 bits per heavy atom. The lowest BCUT2D eigenvalue weighted by atomic mass is 9.91. The second-order valence-corrected chi connectivity index (χ2v) is 6.06. The van der Waals surface area contributed by atoms with E-state index in [0.29, 0.717) is 5.56 Å². The van der Waals surface area contributed by atoms with Crippen molar-refractivity contribution in [3.05, 3.63) is 35.9 Å². The van der Waals surface area contributed by atoms with E-state index in [1.807, 2.05) is 6.07 Å². The van der Waals surface area contributed by atoms with Crippen molar-refractivity contribution in [1.82, 2.24) is 10.6 Å². The number of amides is 1. The quantitative estimate of drug-likeness (QED) is 0.781. The molecule has 1 amide bonds. The van der Waals surface area contributed by atoms with Crippen LogP contribution in [0.4, 0.5) is 0 Å². The van der Waals surface area contributed by atoms with Crippen LogP contribution in [0, 0.1) is 11.3 Å². The first-order valence-electron chi connectivity index (χ1n) is 7.41. The Kier molecular flexibility index (Phi) is 3.68. The molecule has 2 aliphatic rings. The Bertz CT molecular complexity index is 538. The number of benzene rings is 1. The molecule has 3 rings (SSSR count). The average Bonchev–Trinajstić information content (AvgIpc) is 3.19. The molecule has 0 radical (unpaired) electrons. The van der Waals surface area contributed by atoms with Gasteiger partial charge >= 0.3 is 5.97 Å². The topological polar surface area (TPSA) is 78.4 Å². The van der Waals surface area contributed by atoms with Crippen LogP contribution in [-0.4, -0.2) is 30.1 Å². The van der Waals surface area contributed by atoms with E-state index in [9.17, 15) is 14.7 Å². The van der Waals surface area contributed by atoms with E-state index >= 15 is 0 Å². The van der Waals surface area contributed by atoms with Crippen molar-refractivity contribution in [2.75, 3.05) is 13.1 Å². The number of carboxylic acids is 1. The van der Waals surface area contributed by atoms with Gasteiger partial charge in [-0.2, -0.15) is 0 Å². The Labute approximate surface area is 123 Å². The van der Waals surface area contributed by atoms with Crippen LogP contribution in [-0.2, 0) is 9.59 Å². The minimum atomic E-state index is -1.02. The van der Waals surface area contributed by atoms with Crippen LogP contribution in [0.1, 0.15) is 30.9 Å². The SMILES string of the molecule is O=C(N[C@@H](C(=O)O)c1ccccc1)C1CC12CCNCC2. The monoisotopic (exact) mass is 288 g/mol. The first kappa shape index (κ1) is 14.1. The van der Waals surface area contributed by atoms with Gasteiger partial charge in [0.1, 0.15) is 0 Å². The summed E-state index contributed by atoms with van der Waals surface area (Å²) in [5, 5.41) is 15.4. The highest BCUT2D eigenvalue weighted by atomic mass is 16.4. The molecule has 1 heterocycles. The normalized spacial score (nSPS) is 24.3. The van der Waals surface area contributed by atoms with Gasteiger partial charge in [0.05, 0.1) is 0 Å². The van der Waals surface area contributed by atoms with Crippen LogP contribution in [0.25, 0.3) is 0 Å². The van der Waals surface area contributed by atoms with Crippen LogP contribution >= 0.6 is 0 Å². The molecule has 21 heavy (non-hydrogen) atoms. The Hall–Kier alpha value is -1.88. The third-order valence-corrected chi connectivity index (χ3v) is 4.77. The van der Waals surface area contributed by atoms with E-state index in [4.69, 9.17) is 0 Å². The fourth-order valence-electron chi connectivity index (χ4n) is 3.37. The predicted octanol–water partition coefficient (Wildman–Crippen LogP) is 1.32. The fraction of sp³-hybridized carbons (Fsp3) is 0.500. The number of carboxylic acid groups (broad SMARTS) is 1. The molecule has 1 aliphatic heterocycles. The number of nitrogens with one attached hydrogen (secondary N) is 2. The lowest BCUT2D eigenvalue weighted by Crippen LogP contribution is -2.37. The van der Waals surface area contributed by atoms with Gasteiger partial charge in [0, 0.05) is 5.92 Å². The molecule has 3 N–H and O–H groups in total. The number of carbonyl (C=O) groups is 2. The van der Waals surface area contributed by atoms with Gasteiger partial charge < -0.3 is 15.7 Å². The van der Waals surface area contributed by atoms with E-state index in [-0.39, 0.29) is 17.2 Å². The number of carbonyl (C=O) groups excluding carboxylic acids is 1. The maximum absolute atomic E-state index is 12.4. The van der Waals surface area contributed by atoms with Crippen molar-refractivity contribution in [1.29, 1.82) is 0 Å². The van der Waals surface area contributed by atoms with Gasteiger partial charge in [-0.05, 0) is 43.3 Å². The van der Waals surface area contributed by atoms with Crippen molar-refractivity contribution in [2.45, 2.75) is 25.3 Å². The second kappa shape index (κ2) is 5.48. The smallest absolute Gasteiger partial charge is 0.330 e. The molecular weight excluding hydrogens is 268 g/mol. The van der Waals surface area contributed by atoms with E-state index in [0.717, 1.165) is 32.4 Å². The standard InChI is InChI=1S/C16H20N2O3/c19-14(12-10-16(12)6-8-17-9-7-16)18-13(15(20)21)11-4-2-1-3-5-11/h1-5,12-13,17H,6-10H2,(H,18,19)(H,20,21)/t12?,13-/m1/s1. The Morgan fingerprint density at radius 3 is 2.52 bits per heavy atom. The molecule has 5 nitrogen and oxygen atoms in total. The molecule has 112 valence electrons. The summed E-state index contributed by atoms with van der Waals surface area (Å²) in [6, 6.07) is 7.89. The molecule has 1 saturated heterocycles. The summed E-state index contributed by atoms with van der Waals surface area (Å²) in [5.74, 6) is -1.16. The van der Waals surface area contributed by atoms with Gasteiger partial charge in [0.2, 0.25) is 5.91 Å². The summed E-state index contributed by atoms with van der Waals surface area (Å²) in [6.07, 6.45) is 2.91. The molecule has 1 spiro atoms. The van der Waals surface area contributed by atoms with Crippen molar-refractivity contribution >= 4 is 11.9 Å². The Morgan fingerprint density at radius 1 is 1.24 bits per heavy atom. The highest BCUT2D eigenvalue weighted by molar-refractivity contribution is 5.88. The van der Waals surface area contributed by atoms with Gasteiger partial charge in [-0.15, -0.1) is 0 Å². The molecular formula is C16H20N2O3. The zero-order valence-electron chi connectivity index (χ0n) is 11.8.